The van der Waals surface area contributed by atoms with Crippen LogP contribution in [0.1, 0.15) is 70.9 Å². The minimum atomic E-state index is 0. The smallest absolute Gasteiger partial charge is 0.191 e. The van der Waals surface area contributed by atoms with Crippen molar-refractivity contribution in [2.75, 3.05) is 13.2 Å². The van der Waals surface area contributed by atoms with Crippen LogP contribution < -0.4 is 10.6 Å². The predicted octanol–water partition coefficient (Wildman–Crippen LogP) is 3.07. The second-order valence-corrected chi connectivity index (χ2v) is 8.50. The Bertz CT molecular complexity index is 699. The molecule has 8 heteroatoms. The van der Waals surface area contributed by atoms with Gasteiger partial charge in [-0.1, -0.05) is 19.8 Å². The number of nitrogens with zero attached hydrogens (tertiary/aromatic N) is 4. The van der Waals surface area contributed by atoms with Crippen LogP contribution in [0.3, 0.4) is 0 Å². The van der Waals surface area contributed by atoms with Gasteiger partial charge in [-0.05, 0) is 39.5 Å². The number of ether oxygens (including phenoxy) is 1. The van der Waals surface area contributed by atoms with E-state index in [4.69, 9.17) is 9.73 Å². The highest BCUT2D eigenvalue weighted by atomic mass is 127. The van der Waals surface area contributed by atoms with Crippen molar-refractivity contribution in [1.29, 1.82) is 0 Å². The Morgan fingerprint density at radius 3 is 2.72 bits per heavy atom. The van der Waals surface area contributed by atoms with E-state index in [1.54, 1.807) is 0 Å². The lowest BCUT2D eigenvalue weighted by Crippen LogP contribution is -2.65. The van der Waals surface area contributed by atoms with E-state index in [9.17, 15) is 0 Å². The van der Waals surface area contributed by atoms with Crippen LogP contribution in [-0.2, 0) is 24.1 Å². The zero-order chi connectivity index (χ0) is 19.6. The lowest BCUT2D eigenvalue weighted by Gasteiger charge is -2.54. The molecule has 0 bridgehead atoms. The van der Waals surface area contributed by atoms with E-state index in [0.717, 1.165) is 63.0 Å². The number of hydrogen-bond donors (Lipinski definition) is 2. The summed E-state index contributed by atoms with van der Waals surface area (Å²) in [6.45, 7) is 8.79. The third-order valence-corrected chi connectivity index (χ3v) is 6.87. The van der Waals surface area contributed by atoms with Gasteiger partial charge in [0.25, 0.3) is 0 Å². The summed E-state index contributed by atoms with van der Waals surface area (Å²) in [5, 5.41) is 12.1. The second-order valence-electron chi connectivity index (χ2n) is 8.50. The molecule has 2 heterocycles. The molecule has 0 saturated heterocycles. The molecule has 4 rings (SSSR count). The molecule has 2 N–H and O–H groups in total. The molecule has 2 saturated carbocycles. The maximum Gasteiger partial charge on any atom is 0.191 e. The number of aliphatic imine (C=N–C) groups is 1. The van der Waals surface area contributed by atoms with Crippen molar-refractivity contribution in [2.45, 2.75) is 96.9 Å². The Morgan fingerprint density at radius 1 is 1.24 bits per heavy atom. The Morgan fingerprint density at radius 2 is 2.03 bits per heavy atom. The maximum atomic E-state index is 6.07. The van der Waals surface area contributed by atoms with Gasteiger partial charge in [-0.15, -0.1) is 24.0 Å². The van der Waals surface area contributed by atoms with Gasteiger partial charge in [0.15, 0.2) is 11.8 Å². The Kier molecular flexibility index (Phi) is 7.81. The van der Waals surface area contributed by atoms with Crippen molar-refractivity contribution in [3.05, 3.63) is 11.6 Å². The molecular formula is C21H37IN6O. The normalized spacial score (nSPS) is 27.8. The molecule has 3 unspecified atom stereocenters. The molecule has 29 heavy (non-hydrogen) atoms. The van der Waals surface area contributed by atoms with Crippen molar-refractivity contribution < 1.29 is 4.74 Å². The average Bonchev–Trinajstić information content (AvgIpc) is 3.35. The Balaban J connectivity index is 0.00000240. The third kappa shape index (κ3) is 4.57. The molecular weight excluding hydrogens is 479 g/mol. The van der Waals surface area contributed by atoms with Crippen molar-refractivity contribution in [2.24, 2.45) is 10.4 Å². The third-order valence-electron chi connectivity index (χ3n) is 6.87. The van der Waals surface area contributed by atoms with E-state index in [-0.39, 0.29) is 24.0 Å². The fourth-order valence-electron chi connectivity index (χ4n) is 5.37. The first-order valence-electron chi connectivity index (χ1n) is 11.3. The molecule has 0 radical (unpaired) electrons. The van der Waals surface area contributed by atoms with Crippen LogP contribution in [0.15, 0.2) is 4.99 Å². The van der Waals surface area contributed by atoms with E-state index in [1.165, 1.54) is 25.7 Å². The summed E-state index contributed by atoms with van der Waals surface area (Å²) in [7, 11) is 0. The minimum absolute atomic E-state index is 0. The lowest BCUT2D eigenvalue weighted by molar-refractivity contribution is -0.125. The predicted molar refractivity (Wildman–Crippen MR) is 126 cm³/mol. The summed E-state index contributed by atoms with van der Waals surface area (Å²) in [5.74, 6) is 3.04. The largest absolute Gasteiger partial charge is 0.378 e. The van der Waals surface area contributed by atoms with Crippen molar-refractivity contribution >= 4 is 29.9 Å². The number of halogens is 1. The van der Waals surface area contributed by atoms with Gasteiger partial charge in [-0.25, -0.2) is 9.67 Å². The summed E-state index contributed by atoms with van der Waals surface area (Å²) in [4.78, 5) is 9.38. The highest BCUT2D eigenvalue weighted by Crippen LogP contribution is 2.54. The number of aromatic nitrogens is 3. The first-order valence-corrected chi connectivity index (χ1v) is 11.3. The summed E-state index contributed by atoms with van der Waals surface area (Å²) in [6.07, 6.45) is 9.66. The molecule has 1 aromatic heterocycles. The molecule has 2 fully saturated rings. The average molecular weight is 516 g/mol. The first kappa shape index (κ1) is 22.8. The fourth-order valence-corrected chi connectivity index (χ4v) is 5.37. The molecule has 0 amide bonds. The van der Waals surface area contributed by atoms with Gasteiger partial charge in [0.2, 0.25) is 0 Å². The van der Waals surface area contributed by atoms with Gasteiger partial charge in [0.1, 0.15) is 5.82 Å². The van der Waals surface area contributed by atoms with Gasteiger partial charge in [-0.3, -0.25) is 4.99 Å². The molecule has 3 aliphatic rings. The van der Waals surface area contributed by atoms with Crippen LogP contribution in [0.4, 0.5) is 0 Å². The Hall–Kier alpha value is -0.900. The molecule has 7 nitrogen and oxygen atoms in total. The summed E-state index contributed by atoms with van der Waals surface area (Å²) >= 11 is 0. The van der Waals surface area contributed by atoms with Crippen LogP contribution >= 0.6 is 24.0 Å². The van der Waals surface area contributed by atoms with Gasteiger partial charge < -0.3 is 15.4 Å². The zero-order valence-corrected chi connectivity index (χ0v) is 20.4. The van der Waals surface area contributed by atoms with Gasteiger partial charge in [0, 0.05) is 43.5 Å². The first-order chi connectivity index (χ1) is 13.7. The number of fused-ring (bicyclic) bond motifs is 1. The highest BCUT2D eigenvalue weighted by molar-refractivity contribution is 14.0. The van der Waals surface area contributed by atoms with Crippen LogP contribution in [-0.4, -0.2) is 52.1 Å². The van der Waals surface area contributed by atoms with E-state index in [0.29, 0.717) is 23.6 Å². The lowest BCUT2D eigenvalue weighted by atomic mass is 9.60. The second kappa shape index (κ2) is 9.94. The summed E-state index contributed by atoms with van der Waals surface area (Å²) in [6, 6.07) is 0.820. The number of rotatable bonds is 6. The van der Waals surface area contributed by atoms with Crippen molar-refractivity contribution in [1.82, 2.24) is 25.4 Å². The molecule has 1 spiro atoms. The monoisotopic (exact) mass is 516 g/mol. The quantitative estimate of drug-likeness (QED) is 0.346. The van der Waals surface area contributed by atoms with Crippen LogP contribution in [0.2, 0.25) is 0 Å². The number of hydrogen-bond acceptors (Lipinski definition) is 4. The SMILES string of the molecule is CCN=C(NC1CCc2nc(CC)nn2C1)NC1CC(OCC)C12CCCC2.I. The van der Waals surface area contributed by atoms with E-state index in [2.05, 4.69) is 46.2 Å². The van der Waals surface area contributed by atoms with Crippen LogP contribution in [0, 0.1) is 5.41 Å². The Labute approximate surface area is 191 Å². The maximum absolute atomic E-state index is 6.07. The molecule has 3 atom stereocenters. The van der Waals surface area contributed by atoms with Crippen molar-refractivity contribution in [3.63, 3.8) is 0 Å². The number of nitrogens with one attached hydrogen (secondary N) is 2. The van der Waals surface area contributed by atoms with Gasteiger partial charge >= 0.3 is 0 Å². The van der Waals surface area contributed by atoms with Gasteiger partial charge in [0.05, 0.1) is 12.6 Å². The van der Waals surface area contributed by atoms with E-state index in [1.807, 2.05) is 0 Å². The minimum Gasteiger partial charge on any atom is -0.378 e. The zero-order valence-electron chi connectivity index (χ0n) is 18.1. The number of guanidine groups is 1. The van der Waals surface area contributed by atoms with E-state index >= 15 is 0 Å². The molecule has 1 aromatic rings. The standard InChI is InChI=1S/C21H36N6O.HI/c1-4-18-25-19-10-9-15(14-27(19)26-18)23-20(22-5-2)24-16-13-17(28-6-3)21(16)11-7-8-12-21;/h15-17H,4-14H2,1-3H3,(H2,22,23,24);1H. The van der Waals surface area contributed by atoms with Gasteiger partial charge in [-0.2, -0.15) is 5.10 Å². The summed E-state index contributed by atoms with van der Waals surface area (Å²) < 4.78 is 8.15. The van der Waals surface area contributed by atoms with Crippen LogP contribution in [0.5, 0.6) is 0 Å². The fraction of sp³-hybridized carbons (Fsp3) is 0.857. The number of aryl methyl sites for hydroxylation is 2. The van der Waals surface area contributed by atoms with E-state index < -0.39 is 0 Å². The molecule has 0 aromatic carbocycles. The molecule has 2 aliphatic carbocycles. The summed E-state index contributed by atoms with van der Waals surface area (Å²) in [5.41, 5.74) is 0.313. The molecule has 1 aliphatic heterocycles. The highest BCUT2D eigenvalue weighted by Gasteiger charge is 2.57. The van der Waals surface area contributed by atoms with Crippen LogP contribution in [0.25, 0.3) is 0 Å². The topological polar surface area (TPSA) is 76.4 Å². The van der Waals surface area contributed by atoms with Crippen molar-refractivity contribution in [3.8, 4) is 0 Å². The molecule has 164 valence electrons.